The van der Waals surface area contributed by atoms with Crippen molar-refractivity contribution in [3.8, 4) is 11.3 Å². The van der Waals surface area contributed by atoms with E-state index in [1.807, 2.05) is 31.2 Å². The molecule has 3 rings (SSSR count). The zero-order valence-electron chi connectivity index (χ0n) is 13.7. The van der Waals surface area contributed by atoms with Gasteiger partial charge >= 0.3 is 6.18 Å². The van der Waals surface area contributed by atoms with Crippen molar-refractivity contribution in [1.82, 2.24) is 9.97 Å². The first-order valence-corrected chi connectivity index (χ1v) is 7.69. The fourth-order valence-electron chi connectivity index (χ4n) is 2.48. The Bertz CT molecular complexity index is 887. The smallest absolute Gasteiger partial charge is 0.340 e. The number of anilines is 2. The van der Waals surface area contributed by atoms with Gasteiger partial charge in [0.2, 0.25) is 0 Å². The van der Waals surface area contributed by atoms with E-state index in [-0.39, 0.29) is 5.69 Å². The highest BCUT2D eigenvalue weighted by Gasteiger charge is 2.33. The standard InChI is InChI=1S/C19H16F3N3/c1-12-7-9-14(10-8-12)17-11-18(24-13(2)23-17)25-16-6-4-3-5-15(16)19(20,21)22/h3-11H,1-2H3,(H,23,24,25). The zero-order valence-corrected chi connectivity index (χ0v) is 13.7. The van der Waals surface area contributed by atoms with Gasteiger partial charge < -0.3 is 5.32 Å². The number of nitrogens with zero attached hydrogens (tertiary/aromatic N) is 2. The average molecular weight is 343 g/mol. The van der Waals surface area contributed by atoms with Crippen molar-refractivity contribution in [2.24, 2.45) is 0 Å². The Hall–Kier alpha value is -2.89. The molecule has 0 aliphatic heterocycles. The van der Waals surface area contributed by atoms with Crippen molar-refractivity contribution in [1.29, 1.82) is 0 Å². The Labute approximate surface area is 143 Å². The third-order valence-electron chi connectivity index (χ3n) is 3.68. The van der Waals surface area contributed by atoms with Crippen LogP contribution in [0.3, 0.4) is 0 Å². The molecule has 0 unspecified atom stereocenters. The van der Waals surface area contributed by atoms with Crippen LogP contribution in [0.25, 0.3) is 11.3 Å². The first-order chi connectivity index (χ1) is 11.8. The predicted octanol–water partition coefficient (Wildman–Crippen LogP) is 5.52. The van der Waals surface area contributed by atoms with Gasteiger partial charge in [0.1, 0.15) is 11.6 Å². The topological polar surface area (TPSA) is 37.8 Å². The largest absolute Gasteiger partial charge is 0.418 e. The molecule has 1 N–H and O–H groups in total. The number of hydrogen-bond donors (Lipinski definition) is 1. The summed E-state index contributed by atoms with van der Waals surface area (Å²) >= 11 is 0. The minimum Gasteiger partial charge on any atom is -0.340 e. The van der Waals surface area contributed by atoms with E-state index in [4.69, 9.17) is 0 Å². The summed E-state index contributed by atoms with van der Waals surface area (Å²) in [5, 5.41) is 2.77. The van der Waals surface area contributed by atoms with Gasteiger partial charge in [-0.25, -0.2) is 9.97 Å². The molecule has 0 radical (unpaired) electrons. The van der Waals surface area contributed by atoms with Crippen molar-refractivity contribution in [3.63, 3.8) is 0 Å². The van der Waals surface area contributed by atoms with Crippen LogP contribution in [-0.4, -0.2) is 9.97 Å². The number of nitrogens with one attached hydrogen (secondary N) is 1. The molecule has 0 aliphatic rings. The lowest BCUT2D eigenvalue weighted by Crippen LogP contribution is -2.09. The Morgan fingerprint density at radius 3 is 2.24 bits per heavy atom. The summed E-state index contributed by atoms with van der Waals surface area (Å²) in [5.41, 5.74) is 1.88. The SMILES string of the molecule is Cc1ccc(-c2cc(Nc3ccccc3C(F)(F)F)nc(C)n2)cc1. The Morgan fingerprint density at radius 1 is 0.880 bits per heavy atom. The quantitative estimate of drug-likeness (QED) is 0.680. The molecule has 0 saturated carbocycles. The first kappa shape index (κ1) is 17.0. The van der Waals surface area contributed by atoms with Crippen LogP contribution >= 0.6 is 0 Å². The zero-order chi connectivity index (χ0) is 18.0. The number of benzene rings is 2. The second-order valence-corrected chi connectivity index (χ2v) is 5.72. The third-order valence-corrected chi connectivity index (χ3v) is 3.68. The molecule has 1 aromatic heterocycles. The highest BCUT2D eigenvalue weighted by molar-refractivity contribution is 5.67. The molecule has 3 nitrogen and oxygen atoms in total. The fourth-order valence-corrected chi connectivity index (χ4v) is 2.48. The second-order valence-electron chi connectivity index (χ2n) is 5.72. The average Bonchev–Trinajstić information content (AvgIpc) is 2.54. The molecule has 0 aliphatic carbocycles. The lowest BCUT2D eigenvalue weighted by atomic mass is 10.1. The number of alkyl halides is 3. The van der Waals surface area contributed by atoms with Crippen LogP contribution in [-0.2, 0) is 6.18 Å². The van der Waals surface area contributed by atoms with Gasteiger partial charge in [0.15, 0.2) is 0 Å². The summed E-state index contributed by atoms with van der Waals surface area (Å²) in [4.78, 5) is 8.58. The van der Waals surface area contributed by atoms with Crippen LogP contribution in [0, 0.1) is 13.8 Å². The van der Waals surface area contributed by atoms with E-state index in [2.05, 4.69) is 15.3 Å². The number of para-hydroxylation sites is 1. The monoisotopic (exact) mass is 343 g/mol. The molecule has 0 amide bonds. The summed E-state index contributed by atoms with van der Waals surface area (Å²) in [6, 6.07) is 14.7. The first-order valence-electron chi connectivity index (χ1n) is 7.69. The number of rotatable bonds is 3. The molecule has 0 atom stereocenters. The number of aryl methyl sites for hydroxylation is 2. The summed E-state index contributed by atoms with van der Waals surface area (Å²) in [5.74, 6) is 0.796. The predicted molar refractivity (Wildman–Crippen MR) is 91.7 cm³/mol. The molecular weight excluding hydrogens is 327 g/mol. The minimum absolute atomic E-state index is 0.0389. The van der Waals surface area contributed by atoms with Crippen molar-refractivity contribution >= 4 is 11.5 Å². The number of halogens is 3. The van der Waals surface area contributed by atoms with Crippen LogP contribution in [0.2, 0.25) is 0 Å². The van der Waals surface area contributed by atoms with Crippen LogP contribution in [0.4, 0.5) is 24.7 Å². The molecule has 0 bridgehead atoms. The van der Waals surface area contributed by atoms with E-state index in [0.29, 0.717) is 17.3 Å². The van der Waals surface area contributed by atoms with Gasteiger partial charge in [-0.2, -0.15) is 13.2 Å². The van der Waals surface area contributed by atoms with Gasteiger partial charge in [-0.05, 0) is 26.0 Å². The normalized spacial score (nSPS) is 11.4. The van der Waals surface area contributed by atoms with E-state index in [1.165, 1.54) is 12.1 Å². The van der Waals surface area contributed by atoms with Gasteiger partial charge in [-0.1, -0.05) is 42.0 Å². The molecule has 25 heavy (non-hydrogen) atoms. The summed E-state index contributed by atoms with van der Waals surface area (Å²) < 4.78 is 39.4. The lowest BCUT2D eigenvalue weighted by Gasteiger charge is -2.14. The molecule has 0 spiro atoms. The maximum absolute atomic E-state index is 13.1. The van der Waals surface area contributed by atoms with Gasteiger partial charge in [0.25, 0.3) is 0 Å². The maximum atomic E-state index is 13.1. The van der Waals surface area contributed by atoms with Crippen molar-refractivity contribution in [2.45, 2.75) is 20.0 Å². The Balaban J connectivity index is 1.98. The summed E-state index contributed by atoms with van der Waals surface area (Å²) in [6.45, 7) is 3.69. The molecule has 1 heterocycles. The summed E-state index contributed by atoms with van der Waals surface area (Å²) in [7, 11) is 0. The van der Waals surface area contributed by atoms with E-state index in [0.717, 1.165) is 17.2 Å². The number of aromatic nitrogens is 2. The van der Waals surface area contributed by atoms with E-state index in [9.17, 15) is 13.2 Å². The molecule has 0 saturated heterocycles. The second kappa shape index (κ2) is 6.55. The van der Waals surface area contributed by atoms with Gasteiger partial charge in [-0.3, -0.25) is 0 Å². The van der Waals surface area contributed by atoms with Crippen LogP contribution in [0.1, 0.15) is 17.0 Å². The van der Waals surface area contributed by atoms with E-state index < -0.39 is 11.7 Å². The lowest BCUT2D eigenvalue weighted by molar-refractivity contribution is -0.136. The minimum atomic E-state index is -4.44. The Kier molecular flexibility index (Phi) is 4.44. The van der Waals surface area contributed by atoms with Gasteiger partial charge in [0.05, 0.1) is 16.9 Å². The molecule has 0 fully saturated rings. The van der Waals surface area contributed by atoms with Crippen molar-refractivity contribution < 1.29 is 13.2 Å². The molecule has 128 valence electrons. The van der Waals surface area contributed by atoms with E-state index in [1.54, 1.807) is 19.1 Å². The highest BCUT2D eigenvalue weighted by Crippen LogP contribution is 2.35. The van der Waals surface area contributed by atoms with Gasteiger partial charge in [0, 0.05) is 11.6 Å². The Morgan fingerprint density at radius 2 is 1.56 bits per heavy atom. The fraction of sp³-hybridized carbons (Fsp3) is 0.158. The summed E-state index contributed by atoms with van der Waals surface area (Å²) in [6.07, 6.45) is -4.44. The number of hydrogen-bond acceptors (Lipinski definition) is 3. The van der Waals surface area contributed by atoms with E-state index >= 15 is 0 Å². The van der Waals surface area contributed by atoms with Crippen molar-refractivity contribution in [3.05, 3.63) is 71.5 Å². The van der Waals surface area contributed by atoms with Crippen LogP contribution in [0.5, 0.6) is 0 Å². The van der Waals surface area contributed by atoms with Crippen molar-refractivity contribution in [2.75, 3.05) is 5.32 Å². The maximum Gasteiger partial charge on any atom is 0.418 e. The molecule has 2 aromatic carbocycles. The molecular formula is C19H16F3N3. The van der Waals surface area contributed by atoms with Crippen LogP contribution < -0.4 is 5.32 Å². The third kappa shape index (κ3) is 3.96. The van der Waals surface area contributed by atoms with Crippen LogP contribution in [0.15, 0.2) is 54.6 Å². The molecule has 6 heteroatoms. The molecule has 3 aromatic rings. The highest BCUT2D eigenvalue weighted by atomic mass is 19.4. The van der Waals surface area contributed by atoms with Gasteiger partial charge in [-0.15, -0.1) is 0 Å².